The SMILES string of the molecule is CCOC(=O)CCCOc1cc2c(cc1OCC)CC(N)C2. The lowest BCUT2D eigenvalue weighted by Gasteiger charge is -2.14. The number of esters is 1. The molecule has 1 atom stereocenters. The zero-order chi connectivity index (χ0) is 15.9. The van der Waals surface area contributed by atoms with Crippen molar-refractivity contribution in [2.45, 2.75) is 45.6 Å². The Morgan fingerprint density at radius 3 is 2.36 bits per heavy atom. The highest BCUT2D eigenvalue weighted by Gasteiger charge is 2.21. The maximum absolute atomic E-state index is 11.3. The van der Waals surface area contributed by atoms with E-state index in [0.717, 1.165) is 24.3 Å². The van der Waals surface area contributed by atoms with Gasteiger partial charge in [-0.1, -0.05) is 0 Å². The quantitative estimate of drug-likeness (QED) is 0.589. The molecule has 122 valence electrons. The molecule has 2 N–H and O–H groups in total. The van der Waals surface area contributed by atoms with Crippen molar-refractivity contribution in [1.82, 2.24) is 0 Å². The fourth-order valence-corrected chi connectivity index (χ4v) is 2.67. The first-order chi connectivity index (χ1) is 10.6. The highest BCUT2D eigenvalue weighted by molar-refractivity contribution is 5.69. The molecule has 1 unspecified atom stereocenters. The first-order valence-electron chi connectivity index (χ1n) is 7.96. The van der Waals surface area contributed by atoms with Crippen molar-refractivity contribution >= 4 is 5.97 Å². The highest BCUT2D eigenvalue weighted by atomic mass is 16.5. The molecule has 0 bridgehead atoms. The summed E-state index contributed by atoms with van der Waals surface area (Å²) in [4.78, 5) is 11.3. The van der Waals surface area contributed by atoms with Gasteiger partial charge in [0.1, 0.15) is 0 Å². The van der Waals surface area contributed by atoms with E-state index in [-0.39, 0.29) is 12.0 Å². The number of nitrogens with two attached hydrogens (primary N) is 1. The van der Waals surface area contributed by atoms with Crippen molar-refractivity contribution in [3.63, 3.8) is 0 Å². The first-order valence-corrected chi connectivity index (χ1v) is 7.96. The average molecular weight is 307 g/mol. The lowest BCUT2D eigenvalue weighted by Crippen LogP contribution is -2.18. The topological polar surface area (TPSA) is 70.8 Å². The molecule has 5 heteroatoms. The van der Waals surface area contributed by atoms with Crippen LogP contribution in [-0.2, 0) is 22.4 Å². The van der Waals surface area contributed by atoms with Gasteiger partial charge in [0.2, 0.25) is 0 Å². The number of carbonyl (C=O) groups is 1. The second-order valence-electron chi connectivity index (χ2n) is 5.43. The molecule has 5 nitrogen and oxygen atoms in total. The minimum Gasteiger partial charge on any atom is -0.490 e. The van der Waals surface area contributed by atoms with Gasteiger partial charge in [0.05, 0.1) is 19.8 Å². The monoisotopic (exact) mass is 307 g/mol. The Morgan fingerprint density at radius 2 is 1.77 bits per heavy atom. The molecule has 2 rings (SSSR count). The van der Waals surface area contributed by atoms with Gasteiger partial charge in [-0.2, -0.15) is 0 Å². The Labute approximate surface area is 131 Å². The second-order valence-corrected chi connectivity index (χ2v) is 5.43. The van der Waals surface area contributed by atoms with Crippen molar-refractivity contribution in [3.8, 4) is 11.5 Å². The molecule has 1 aromatic rings. The van der Waals surface area contributed by atoms with Gasteiger partial charge < -0.3 is 19.9 Å². The maximum atomic E-state index is 11.3. The molecule has 0 amide bonds. The van der Waals surface area contributed by atoms with Crippen molar-refractivity contribution in [1.29, 1.82) is 0 Å². The Bertz CT molecular complexity index is 516. The van der Waals surface area contributed by atoms with E-state index in [9.17, 15) is 4.79 Å². The third-order valence-electron chi connectivity index (χ3n) is 3.62. The fraction of sp³-hybridized carbons (Fsp3) is 0.588. The molecule has 0 aromatic heterocycles. The normalized spacial score (nSPS) is 16.2. The Kier molecular flexibility index (Phi) is 6.07. The van der Waals surface area contributed by atoms with E-state index in [4.69, 9.17) is 19.9 Å². The van der Waals surface area contributed by atoms with Crippen LogP contribution in [-0.4, -0.2) is 31.8 Å². The molecular weight excluding hydrogens is 282 g/mol. The van der Waals surface area contributed by atoms with Crippen LogP contribution in [0.1, 0.15) is 37.8 Å². The predicted octanol–water partition coefficient (Wildman–Crippen LogP) is 2.23. The van der Waals surface area contributed by atoms with Gasteiger partial charge in [-0.3, -0.25) is 4.79 Å². The summed E-state index contributed by atoms with van der Waals surface area (Å²) >= 11 is 0. The number of fused-ring (bicyclic) bond motifs is 1. The summed E-state index contributed by atoms with van der Waals surface area (Å²) in [5.41, 5.74) is 8.49. The fourth-order valence-electron chi connectivity index (χ4n) is 2.67. The van der Waals surface area contributed by atoms with Crippen LogP contribution in [0.4, 0.5) is 0 Å². The average Bonchev–Trinajstić information content (AvgIpc) is 2.83. The Balaban J connectivity index is 1.94. The molecule has 1 aliphatic carbocycles. The summed E-state index contributed by atoms with van der Waals surface area (Å²) in [6.45, 7) is 5.22. The molecule has 0 radical (unpaired) electrons. The number of benzene rings is 1. The smallest absolute Gasteiger partial charge is 0.305 e. The van der Waals surface area contributed by atoms with E-state index < -0.39 is 0 Å². The van der Waals surface area contributed by atoms with E-state index in [2.05, 4.69) is 0 Å². The maximum Gasteiger partial charge on any atom is 0.305 e. The summed E-state index contributed by atoms with van der Waals surface area (Å²) in [6, 6.07) is 4.24. The van der Waals surface area contributed by atoms with Crippen molar-refractivity contribution in [3.05, 3.63) is 23.3 Å². The molecule has 0 spiro atoms. The van der Waals surface area contributed by atoms with Crippen LogP contribution in [0.5, 0.6) is 11.5 Å². The predicted molar refractivity (Wildman–Crippen MR) is 84.4 cm³/mol. The number of hydrogen-bond donors (Lipinski definition) is 1. The second kappa shape index (κ2) is 8.03. The van der Waals surface area contributed by atoms with Gasteiger partial charge in [-0.15, -0.1) is 0 Å². The molecule has 0 aliphatic heterocycles. The third kappa shape index (κ3) is 4.37. The van der Waals surface area contributed by atoms with Crippen LogP contribution in [0.2, 0.25) is 0 Å². The minimum atomic E-state index is -0.184. The molecule has 0 saturated heterocycles. The molecule has 0 fully saturated rings. The summed E-state index contributed by atoms with van der Waals surface area (Å²) in [5, 5.41) is 0. The zero-order valence-electron chi connectivity index (χ0n) is 13.4. The van der Waals surface area contributed by atoms with Gasteiger partial charge >= 0.3 is 5.97 Å². The molecule has 0 heterocycles. The van der Waals surface area contributed by atoms with Crippen molar-refractivity contribution in [2.75, 3.05) is 19.8 Å². The van der Waals surface area contributed by atoms with Gasteiger partial charge in [0, 0.05) is 12.5 Å². The van der Waals surface area contributed by atoms with Crippen LogP contribution in [0.3, 0.4) is 0 Å². The zero-order valence-corrected chi connectivity index (χ0v) is 13.4. The van der Waals surface area contributed by atoms with E-state index >= 15 is 0 Å². The van der Waals surface area contributed by atoms with E-state index in [0.29, 0.717) is 32.7 Å². The van der Waals surface area contributed by atoms with Crippen LogP contribution in [0.25, 0.3) is 0 Å². The molecular formula is C17H25NO4. The third-order valence-corrected chi connectivity index (χ3v) is 3.62. The van der Waals surface area contributed by atoms with Crippen LogP contribution < -0.4 is 15.2 Å². The minimum absolute atomic E-state index is 0.184. The Hall–Kier alpha value is -1.75. The summed E-state index contributed by atoms with van der Waals surface area (Å²) < 4.78 is 16.4. The standard InChI is InChI=1S/C17H25NO4/c1-3-20-15-10-12-8-14(18)9-13(12)11-16(15)22-7-5-6-17(19)21-4-2/h10-11,14H,3-9,18H2,1-2H3. The number of ether oxygens (including phenoxy) is 3. The molecule has 1 aromatic carbocycles. The van der Waals surface area contributed by atoms with E-state index in [1.807, 2.05) is 19.1 Å². The number of hydrogen-bond acceptors (Lipinski definition) is 5. The lowest BCUT2D eigenvalue weighted by molar-refractivity contribution is -0.143. The Morgan fingerprint density at radius 1 is 1.14 bits per heavy atom. The molecule has 0 saturated carbocycles. The van der Waals surface area contributed by atoms with Crippen LogP contribution >= 0.6 is 0 Å². The van der Waals surface area contributed by atoms with E-state index in [1.165, 1.54) is 11.1 Å². The summed E-state index contributed by atoms with van der Waals surface area (Å²) in [7, 11) is 0. The summed E-state index contributed by atoms with van der Waals surface area (Å²) in [6.07, 6.45) is 2.76. The van der Waals surface area contributed by atoms with Gasteiger partial charge in [-0.05, 0) is 56.4 Å². The van der Waals surface area contributed by atoms with Gasteiger partial charge in [0.25, 0.3) is 0 Å². The van der Waals surface area contributed by atoms with Gasteiger partial charge in [-0.25, -0.2) is 0 Å². The van der Waals surface area contributed by atoms with Crippen LogP contribution in [0, 0.1) is 0 Å². The van der Waals surface area contributed by atoms with Crippen LogP contribution in [0.15, 0.2) is 12.1 Å². The first kappa shape index (κ1) is 16.6. The highest BCUT2D eigenvalue weighted by Crippen LogP contribution is 2.35. The largest absolute Gasteiger partial charge is 0.490 e. The molecule has 1 aliphatic rings. The summed E-state index contributed by atoms with van der Waals surface area (Å²) in [5.74, 6) is 1.31. The van der Waals surface area contributed by atoms with Crippen molar-refractivity contribution in [2.24, 2.45) is 5.73 Å². The van der Waals surface area contributed by atoms with E-state index in [1.54, 1.807) is 6.92 Å². The number of carbonyl (C=O) groups excluding carboxylic acids is 1. The number of rotatable bonds is 8. The molecule has 22 heavy (non-hydrogen) atoms. The van der Waals surface area contributed by atoms with Gasteiger partial charge in [0.15, 0.2) is 11.5 Å². The lowest BCUT2D eigenvalue weighted by atomic mass is 10.1. The van der Waals surface area contributed by atoms with Crippen molar-refractivity contribution < 1.29 is 19.0 Å².